The summed E-state index contributed by atoms with van der Waals surface area (Å²) in [4.78, 5) is 37.4. The molecule has 0 heterocycles. The van der Waals surface area contributed by atoms with Gasteiger partial charge in [-0.1, -0.05) is 42.5 Å². The normalized spacial score (nSPS) is 14.5. The molecule has 144 valence electrons. The molecule has 0 fully saturated rings. The maximum Gasteiger partial charge on any atom is 0.281 e. The van der Waals surface area contributed by atoms with Gasteiger partial charge in [0.25, 0.3) is 5.69 Å². The molecule has 0 aromatic heterocycles. The lowest BCUT2D eigenvalue weighted by Gasteiger charge is -2.19. The van der Waals surface area contributed by atoms with E-state index in [4.69, 9.17) is 0 Å². The van der Waals surface area contributed by atoms with Gasteiger partial charge in [-0.3, -0.25) is 19.7 Å². The molecule has 1 aliphatic carbocycles. The second kappa shape index (κ2) is 6.75. The standard InChI is InChI=1S/C21H14N2O5S/c1-29(28,13-7-3-2-4-8-13)22-16-11-12-17(23(26)27)19-18(16)20(24)14-9-5-6-10-15(14)21(19)25/h2-12H,1H3. The summed E-state index contributed by atoms with van der Waals surface area (Å²) >= 11 is 0. The maximum absolute atomic E-state index is 13.2. The zero-order valence-electron chi connectivity index (χ0n) is 15.2. The Labute approximate surface area is 166 Å². The third kappa shape index (κ3) is 3.03. The van der Waals surface area contributed by atoms with Crippen molar-refractivity contribution in [3.63, 3.8) is 0 Å². The zero-order chi connectivity index (χ0) is 20.8. The van der Waals surface area contributed by atoms with Crippen molar-refractivity contribution in [2.24, 2.45) is 4.36 Å². The summed E-state index contributed by atoms with van der Waals surface area (Å²) in [6.45, 7) is 0. The quantitative estimate of drug-likeness (QED) is 0.375. The van der Waals surface area contributed by atoms with E-state index in [1.54, 1.807) is 42.5 Å². The first-order valence-electron chi connectivity index (χ1n) is 8.58. The number of nitro benzene ring substituents is 1. The molecule has 1 atom stereocenters. The number of rotatable bonds is 3. The molecule has 3 aromatic carbocycles. The van der Waals surface area contributed by atoms with Crippen LogP contribution in [-0.2, 0) is 9.73 Å². The van der Waals surface area contributed by atoms with Gasteiger partial charge in [0.15, 0.2) is 5.78 Å². The first-order valence-corrected chi connectivity index (χ1v) is 10.5. The summed E-state index contributed by atoms with van der Waals surface area (Å²) in [6, 6.07) is 17.0. The van der Waals surface area contributed by atoms with Crippen LogP contribution >= 0.6 is 0 Å². The van der Waals surface area contributed by atoms with Crippen molar-refractivity contribution in [2.45, 2.75) is 4.90 Å². The van der Waals surface area contributed by atoms with Crippen LogP contribution in [-0.4, -0.2) is 27.0 Å². The van der Waals surface area contributed by atoms with Crippen molar-refractivity contribution < 1.29 is 18.7 Å². The summed E-state index contributed by atoms with van der Waals surface area (Å²) in [5, 5.41) is 11.5. The van der Waals surface area contributed by atoms with E-state index in [0.29, 0.717) is 4.90 Å². The number of benzene rings is 3. The molecule has 0 amide bonds. The van der Waals surface area contributed by atoms with Gasteiger partial charge in [0.2, 0.25) is 5.78 Å². The Hall–Kier alpha value is -3.65. The first-order chi connectivity index (χ1) is 13.8. The lowest BCUT2D eigenvalue weighted by Crippen LogP contribution is -2.22. The summed E-state index contributed by atoms with van der Waals surface area (Å²) in [6.07, 6.45) is 1.42. The Morgan fingerprint density at radius 1 is 0.828 bits per heavy atom. The van der Waals surface area contributed by atoms with Gasteiger partial charge in [0.05, 0.1) is 25.9 Å². The average Bonchev–Trinajstić information content (AvgIpc) is 2.72. The van der Waals surface area contributed by atoms with Crippen molar-refractivity contribution in [3.05, 3.63) is 99.1 Å². The number of carbonyl (C=O) groups excluding carboxylic acids is 2. The molecule has 0 radical (unpaired) electrons. The number of hydrogen-bond donors (Lipinski definition) is 0. The van der Waals surface area contributed by atoms with E-state index in [0.717, 1.165) is 6.07 Å². The van der Waals surface area contributed by atoms with Crippen molar-refractivity contribution in [1.29, 1.82) is 0 Å². The number of ketones is 2. The monoisotopic (exact) mass is 406 g/mol. The zero-order valence-corrected chi connectivity index (χ0v) is 16.0. The highest BCUT2D eigenvalue weighted by atomic mass is 32.2. The van der Waals surface area contributed by atoms with Gasteiger partial charge in [-0.05, 0) is 18.2 Å². The molecule has 0 saturated carbocycles. The van der Waals surface area contributed by atoms with Crippen molar-refractivity contribution in [2.75, 3.05) is 6.26 Å². The molecular weight excluding hydrogens is 392 g/mol. The maximum atomic E-state index is 13.2. The Morgan fingerprint density at radius 3 is 1.97 bits per heavy atom. The summed E-state index contributed by atoms with van der Waals surface area (Å²) < 4.78 is 17.5. The van der Waals surface area contributed by atoms with Gasteiger partial charge >= 0.3 is 0 Å². The second-order valence-corrected chi connectivity index (χ2v) is 8.78. The van der Waals surface area contributed by atoms with E-state index in [9.17, 15) is 23.9 Å². The fraction of sp³-hybridized carbons (Fsp3) is 0.0476. The third-order valence-corrected chi connectivity index (χ3v) is 6.37. The van der Waals surface area contributed by atoms with Gasteiger partial charge < -0.3 is 0 Å². The molecule has 7 nitrogen and oxygen atoms in total. The minimum Gasteiger partial charge on any atom is -0.288 e. The van der Waals surface area contributed by atoms with E-state index >= 15 is 0 Å². The molecule has 8 heteroatoms. The van der Waals surface area contributed by atoms with Gasteiger partial charge in [-0.15, -0.1) is 0 Å². The van der Waals surface area contributed by atoms with Crippen LogP contribution in [0.5, 0.6) is 0 Å². The van der Waals surface area contributed by atoms with Crippen LogP contribution in [0.3, 0.4) is 0 Å². The van der Waals surface area contributed by atoms with E-state index in [1.807, 2.05) is 0 Å². The lowest BCUT2D eigenvalue weighted by atomic mass is 9.82. The molecule has 4 rings (SSSR count). The highest BCUT2D eigenvalue weighted by Crippen LogP contribution is 2.39. The van der Waals surface area contributed by atoms with Crippen LogP contribution in [0.1, 0.15) is 31.8 Å². The lowest BCUT2D eigenvalue weighted by molar-refractivity contribution is -0.385. The topological polar surface area (TPSA) is 107 Å². The predicted octanol–water partition coefficient (Wildman–Crippen LogP) is 4.16. The van der Waals surface area contributed by atoms with Gasteiger partial charge in [-0.2, -0.15) is 4.36 Å². The Morgan fingerprint density at radius 2 is 1.38 bits per heavy atom. The summed E-state index contributed by atoms with van der Waals surface area (Å²) in [7, 11) is -2.96. The van der Waals surface area contributed by atoms with E-state index in [2.05, 4.69) is 4.36 Å². The van der Waals surface area contributed by atoms with Crippen LogP contribution < -0.4 is 0 Å². The molecule has 0 aliphatic heterocycles. The fourth-order valence-electron chi connectivity index (χ4n) is 3.33. The van der Waals surface area contributed by atoms with Crippen LogP contribution in [0.15, 0.2) is 76.0 Å². The second-order valence-electron chi connectivity index (χ2n) is 6.52. The van der Waals surface area contributed by atoms with Crippen molar-refractivity contribution in [3.8, 4) is 0 Å². The Balaban J connectivity index is 2.04. The minimum absolute atomic E-state index is 0.00481. The average molecular weight is 406 g/mol. The highest BCUT2D eigenvalue weighted by Gasteiger charge is 2.37. The molecule has 0 saturated heterocycles. The van der Waals surface area contributed by atoms with E-state index < -0.39 is 31.9 Å². The summed E-state index contributed by atoms with van der Waals surface area (Å²) in [5.74, 6) is -1.18. The molecule has 1 aliphatic rings. The number of fused-ring (bicyclic) bond motifs is 2. The van der Waals surface area contributed by atoms with E-state index in [-0.39, 0.29) is 27.9 Å². The number of nitrogens with zero attached hydrogens (tertiary/aromatic N) is 2. The van der Waals surface area contributed by atoms with Gasteiger partial charge in [0.1, 0.15) is 5.56 Å². The van der Waals surface area contributed by atoms with Crippen LogP contribution in [0.4, 0.5) is 11.4 Å². The van der Waals surface area contributed by atoms with Crippen LogP contribution in [0.2, 0.25) is 0 Å². The molecular formula is C21H14N2O5S. The van der Waals surface area contributed by atoms with Crippen LogP contribution in [0.25, 0.3) is 0 Å². The smallest absolute Gasteiger partial charge is 0.281 e. The molecule has 0 N–H and O–H groups in total. The molecule has 0 spiro atoms. The minimum atomic E-state index is -2.96. The molecule has 1 unspecified atom stereocenters. The predicted molar refractivity (Wildman–Crippen MR) is 107 cm³/mol. The number of hydrogen-bond acceptors (Lipinski definition) is 6. The Kier molecular flexibility index (Phi) is 4.35. The van der Waals surface area contributed by atoms with Gasteiger partial charge in [0, 0.05) is 28.3 Å². The van der Waals surface area contributed by atoms with Crippen molar-refractivity contribution in [1.82, 2.24) is 0 Å². The SMILES string of the molecule is CS(=O)(=Nc1ccc([N+](=O)[O-])c2c1C(=O)c1ccccc1C2=O)c1ccccc1. The Bertz CT molecular complexity index is 1320. The molecule has 0 bridgehead atoms. The summed E-state index contributed by atoms with van der Waals surface area (Å²) in [5.41, 5.74) is -0.740. The fourth-order valence-corrected chi connectivity index (χ4v) is 4.63. The third-order valence-electron chi connectivity index (χ3n) is 4.68. The van der Waals surface area contributed by atoms with Gasteiger partial charge in [-0.25, -0.2) is 4.21 Å². The van der Waals surface area contributed by atoms with Crippen molar-refractivity contribution >= 4 is 32.7 Å². The van der Waals surface area contributed by atoms with E-state index in [1.165, 1.54) is 24.5 Å². The largest absolute Gasteiger partial charge is 0.288 e. The number of nitro groups is 1. The number of carbonyl (C=O) groups is 2. The first kappa shape index (κ1) is 18.7. The molecule has 3 aromatic rings. The highest BCUT2D eigenvalue weighted by molar-refractivity contribution is 7.93. The molecule has 29 heavy (non-hydrogen) atoms. The van der Waals surface area contributed by atoms with Crippen LogP contribution in [0, 0.1) is 10.1 Å².